The maximum absolute atomic E-state index is 12.3. The number of nitrogens with one attached hydrogen (secondary N) is 1. The van der Waals surface area contributed by atoms with E-state index in [1.807, 2.05) is 13.8 Å². The molecule has 1 N–H and O–H groups in total. The molecule has 1 aromatic carbocycles. The highest BCUT2D eigenvalue weighted by Crippen LogP contribution is 2.28. The van der Waals surface area contributed by atoms with Gasteiger partial charge in [0.25, 0.3) is 5.91 Å². The van der Waals surface area contributed by atoms with Gasteiger partial charge in [-0.3, -0.25) is 4.79 Å². The van der Waals surface area contributed by atoms with Crippen molar-refractivity contribution >= 4 is 5.91 Å². The molecule has 1 amide bonds. The first-order valence-electron chi connectivity index (χ1n) is 8.95. The van der Waals surface area contributed by atoms with Crippen LogP contribution in [-0.2, 0) is 0 Å². The van der Waals surface area contributed by atoms with Gasteiger partial charge in [-0.05, 0) is 70.9 Å². The number of amides is 1. The number of piperidine rings is 1. The van der Waals surface area contributed by atoms with E-state index in [0.717, 1.165) is 13.0 Å². The molecule has 0 aromatic heterocycles. The molecule has 134 valence electrons. The summed E-state index contributed by atoms with van der Waals surface area (Å²) in [5.74, 6) is 1.18. The molecule has 0 spiro atoms. The number of hydrogen-bond acceptors (Lipinski definition) is 4. The molecule has 0 saturated carbocycles. The molecule has 0 atom stereocenters. The van der Waals surface area contributed by atoms with Crippen molar-refractivity contribution in [3.63, 3.8) is 0 Å². The first kappa shape index (κ1) is 18.6. The van der Waals surface area contributed by atoms with Crippen LogP contribution in [0.15, 0.2) is 18.2 Å². The third-order valence-corrected chi connectivity index (χ3v) is 4.17. The number of benzene rings is 1. The summed E-state index contributed by atoms with van der Waals surface area (Å²) in [4.78, 5) is 14.8. The lowest BCUT2D eigenvalue weighted by Crippen LogP contribution is -2.33. The van der Waals surface area contributed by atoms with Gasteiger partial charge in [0.1, 0.15) is 0 Å². The number of methoxy groups -OCH3 is 1. The summed E-state index contributed by atoms with van der Waals surface area (Å²) in [6.07, 6.45) is 5.00. The zero-order valence-electron chi connectivity index (χ0n) is 15.1. The molecule has 24 heavy (non-hydrogen) atoms. The van der Waals surface area contributed by atoms with Crippen LogP contribution < -0.4 is 14.8 Å². The Bertz CT molecular complexity index is 525. The fourth-order valence-electron chi connectivity index (χ4n) is 2.95. The first-order chi connectivity index (χ1) is 11.6. The van der Waals surface area contributed by atoms with Crippen LogP contribution in [0.2, 0.25) is 0 Å². The SMILES string of the molecule is COc1cc(C(=O)NCCCN2CCCCC2)ccc1OC(C)C. The number of carbonyl (C=O) groups excluding carboxylic acids is 1. The number of ether oxygens (including phenoxy) is 2. The quantitative estimate of drug-likeness (QED) is 0.742. The third kappa shape index (κ3) is 5.71. The van der Waals surface area contributed by atoms with Crippen molar-refractivity contribution in [2.75, 3.05) is 33.3 Å². The van der Waals surface area contributed by atoms with E-state index in [0.29, 0.717) is 23.6 Å². The van der Waals surface area contributed by atoms with Gasteiger partial charge in [-0.25, -0.2) is 0 Å². The van der Waals surface area contributed by atoms with E-state index in [1.54, 1.807) is 25.3 Å². The van der Waals surface area contributed by atoms with Crippen molar-refractivity contribution in [3.05, 3.63) is 23.8 Å². The van der Waals surface area contributed by atoms with Crippen molar-refractivity contribution in [2.45, 2.75) is 45.6 Å². The monoisotopic (exact) mass is 334 g/mol. The lowest BCUT2D eigenvalue weighted by Gasteiger charge is -2.26. The summed E-state index contributed by atoms with van der Waals surface area (Å²) >= 11 is 0. The van der Waals surface area contributed by atoms with Crippen LogP contribution in [-0.4, -0.2) is 50.2 Å². The van der Waals surface area contributed by atoms with Crippen LogP contribution in [0.5, 0.6) is 11.5 Å². The van der Waals surface area contributed by atoms with Crippen molar-refractivity contribution in [1.82, 2.24) is 10.2 Å². The highest BCUT2D eigenvalue weighted by molar-refractivity contribution is 5.94. The van der Waals surface area contributed by atoms with Crippen LogP contribution in [0.1, 0.15) is 49.9 Å². The highest BCUT2D eigenvalue weighted by atomic mass is 16.5. The Morgan fingerprint density at radius 3 is 2.62 bits per heavy atom. The van der Waals surface area contributed by atoms with Crippen molar-refractivity contribution in [2.24, 2.45) is 0 Å². The average Bonchev–Trinajstić information content (AvgIpc) is 2.59. The number of rotatable bonds is 8. The largest absolute Gasteiger partial charge is 0.493 e. The molecule has 2 rings (SSSR count). The highest BCUT2D eigenvalue weighted by Gasteiger charge is 2.13. The lowest BCUT2D eigenvalue weighted by atomic mass is 10.1. The fourth-order valence-corrected chi connectivity index (χ4v) is 2.95. The van der Waals surface area contributed by atoms with E-state index in [4.69, 9.17) is 9.47 Å². The van der Waals surface area contributed by atoms with Gasteiger partial charge in [-0.1, -0.05) is 6.42 Å². The van der Waals surface area contributed by atoms with Crippen molar-refractivity contribution < 1.29 is 14.3 Å². The van der Waals surface area contributed by atoms with Crippen molar-refractivity contribution in [1.29, 1.82) is 0 Å². The summed E-state index contributed by atoms with van der Waals surface area (Å²) < 4.78 is 11.0. The second-order valence-corrected chi connectivity index (χ2v) is 6.54. The first-order valence-corrected chi connectivity index (χ1v) is 8.95. The van der Waals surface area contributed by atoms with E-state index in [9.17, 15) is 4.79 Å². The molecule has 1 aliphatic heterocycles. The molecule has 0 radical (unpaired) electrons. The van der Waals surface area contributed by atoms with Gasteiger partial charge < -0.3 is 19.7 Å². The topological polar surface area (TPSA) is 50.8 Å². The normalized spacial score (nSPS) is 15.3. The summed E-state index contributed by atoms with van der Waals surface area (Å²) in [7, 11) is 1.59. The molecule has 0 aliphatic carbocycles. The Balaban J connectivity index is 1.80. The van der Waals surface area contributed by atoms with Crippen molar-refractivity contribution in [3.8, 4) is 11.5 Å². The summed E-state index contributed by atoms with van der Waals surface area (Å²) in [5.41, 5.74) is 0.598. The molecule has 5 nitrogen and oxygen atoms in total. The maximum Gasteiger partial charge on any atom is 0.251 e. The molecule has 5 heteroatoms. The minimum Gasteiger partial charge on any atom is -0.493 e. The van der Waals surface area contributed by atoms with Gasteiger partial charge in [0.2, 0.25) is 0 Å². The van der Waals surface area contributed by atoms with Gasteiger partial charge in [0, 0.05) is 12.1 Å². The molecule has 1 saturated heterocycles. The number of carbonyl (C=O) groups is 1. The molecule has 1 heterocycles. The lowest BCUT2D eigenvalue weighted by molar-refractivity contribution is 0.0950. The molecule has 1 aliphatic rings. The molecule has 0 bridgehead atoms. The molecular weight excluding hydrogens is 304 g/mol. The second kappa shape index (κ2) is 9.52. The van der Waals surface area contributed by atoms with E-state index in [1.165, 1.54) is 32.4 Å². The summed E-state index contributed by atoms with van der Waals surface area (Å²) in [5, 5.41) is 2.99. The Hall–Kier alpha value is -1.75. The van der Waals surface area contributed by atoms with E-state index >= 15 is 0 Å². The number of hydrogen-bond donors (Lipinski definition) is 1. The minimum absolute atomic E-state index is 0.0633. The molecular formula is C19H30N2O3. The standard InChI is InChI=1S/C19H30N2O3/c1-15(2)24-17-9-8-16(14-18(17)23-3)19(22)20-10-7-13-21-11-5-4-6-12-21/h8-9,14-15H,4-7,10-13H2,1-3H3,(H,20,22). The van der Waals surface area contributed by atoms with Crippen LogP contribution in [0, 0.1) is 0 Å². The number of nitrogens with zero attached hydrogens (tertiary/aromatic N) is 1. The van der Waals surface area contributed by atoms with E-state index in [-0.39, 0.29) is 12.0 Å². The van der Waals surface area contributed by atoms with Crippen LogP contribution in [0.3, 0.4) is 0 Å². The van der Waals surface area contributed by atoms with Gasteiger partial charge in [-0.15, -0.1) is 0 Å². The summed E-state index contributed by atoms with van der Waals surface area (Å²) in [6, 6.07) is 5.30. The minimum atomic E-state index is -0.0666. The van der Waals surface area contributed by atoms with E-state index < -0.39 is 0 Å². The Morgan fingerprint density at radius 2 is 1.96 bits per heavy atom. The van der Waals surface area contributed by atoms with Gasteiger partial charge in [0.05, 0.1) is 13.2 Å². The molecule has 0 unspecified atom stereocenters. The predicted octanol–water partition coefficient (Wildman–Crippen LogP) is 3.09. The van der Waals surface area contributed by atoms with Gasteiger partial charge in [-0.2, -0.15) is 0 Å². The Morgan fingerprint density at radius 1 is 1.21 bits per heavy atom. The predicted molar refractivity (Wildman–Crippen MR) is 96.0 cm³/mol. The third-order valence-electron chi connectivity index (χ3n) is 4.17. The van der Waals surface area contributed by atoms with Crippen LogP contribution in [0.4, 0.5) is 0 Å². The zero-order valence-corrected chi connectivity index (χ0v) is 15.1. The van der Waals surface area contributed by atoms with Gasteiger partial charge >= 0.3 is 0 Å². The van der Waals surface area contributed by atoms with E-state index in [2.05, 4.69) is 10.2 Å². The molecule has 1 aromatic rings. The van der Waals surface area contributed by atoms with Gasteiger partial charge in [0.15, 0.2) is 11.5 Å². The second-order valence-electron chi connectivity index (χ2n) is 6.54. The fraction of sp³-hybridized carbons (Fsp3) is 0.632. The van der Waals surface area contributed by atoms with Crippen LogP contribution in [0.25, 0.3) is 0 Å². The summed E-state index contributed by atoms with van der Waals surface area (Å²) in [6.45, 7) is 8.07. The Kier molecular flexibility index (Phi) is 7.37. The number of likely N-dealkylation sites (tertiary alicyclic amines) is 1. The maximum atomic E-state index is 12.3. The smallest absolute Gasteiger partial charge is 0.251 e. The average molecular weight is 334 g/mol. The molecule has 1 fully saturated rings. The Labute approximate surface area is 145 Å². The van der Waals surface area contributed by atoms with Crippen LogP contribution >= 0.6 is 0 Å². The zero-order chi connectivity index (χ0) is 17.4.